The number of nitrogens with zero attached hydrogens (tertiary/aromatic N) is 4. The number of carbonyl (C=O) groups excluding carboxylic acids is 1. The van der Waals surface area contributed by atoms with Crippen molar-refractivity contribution in [1.82, 2.24) is 9.55 Å². The standard InChI is InChI=1S/C28H29N4O5P/c1-19(2)15-16-31-25-10-6-4-8-23(25)29-26(31)17-32-24-9-5-3-7-22(24)27(28(32)33)30-37-18-20-11-13-21(14-12-20)38(34,35)36/h3-14,19H,15-18H2,1-2H3,(H2,34,35,36)/p-2/b30-27+. The van der Waals surface area contributed by atoms with Crippen molar-refractivity contribution in [3.8, 4) is 0 Å². The molecule has 196 valence electrons. The molecular weight excluding hydrogens is 503 g/mol. The molecular formula is C28H27N4O5P-2. The van der Waals surface area contributed by atoms with Gasteiger partial charge in [0.1, 0.15) is 12.4 Å². The molecule has 2 heterocycles. The number of imidazole rings is 1. The van der Waals surface area contributed by atoms with E-state index in [9.17, 15) is 19.1 Å². The highest BCUT2D eigenvalue weighted by Gasteiger charge is 2.35. The summed E-state index contributed by atoms with van der Waals surface area (Å²) in [6.07, 6.45) is 0.987. The van der Waals surface area contributed by atoms with E-state index >= 15 is 0 Å². The Kier molecular flexibility index (Phi) is 7.17. The fraction of sp³-hybridized carbons (Fsp3) is 0.250. The quantitative estimate of drug-likeness (QED) is 0.242. The maximum absolute atomic E-state index is 13.5. The minimum Gasteiger partial charge on any atom is -0.807 e. The third-order valence-electron chi connectivity index (χ3n) is 6.50. The number of anilines is 1. The predicted molar refractivity (Wildman–Crippen MR) is 142 cm³/mol. The van der Waals surface area contributed by atoms with Crippen LogP contribution in [0.4, 0.5) is 5.69 Å². The van der Waals surface area contributed by atoms with Gasteiger partial charge in [-0.15, -0.1) is 0 Å². The molecule has 4 aromatic rings. The molecule has 0 saturated carbocycles. The van der Waals surface area contributed by atoms with E-state index in [4.69, 9.17) is 9.82 Å². The van der Waals surface area contributed by atoms with Crippen molar-refractivity contribution >= 4 is 41.2 Å². The van der Waals surface area contributed by atoms with Crippen LogP contribution in [-0.2, 0) is 33.9 Å². The van der Waals surface area contributed by atoms with E-state index in [0.29, 0.717) is 17.0 Å². The molecule has 1 aliphatic rings. The highest BCUT2D eigenvalue weighted by molar-refractivity contribution is 7.57. The predicted octanol–water partition coefficient (Wildman–Crippen LogP) is 3.09. The zero-order valence-corrected chi connectivity index (χ0v) is 22.0. The first-order valence-electron chi connectivity index (χ1n) is 12.4. The Hall–Kier alpha value is -3.78. The number of hydrogen-bond acceptors (Lipinski definition) is 7. The minimum atomic E-state index is -4.81. The molecule has 0 aliphatic carbocycles. The van der Waals surface area contributed by atoms with Gasteiger partial charge in [-0.1, -0.05) is 73.6 Å². The van der Waals surface area contributed by atoms with Crippen molar-refractivity contribution in [2.75, 3.05) is 4.90 Å². The first-order chi connectivity index (χ1) is 18.2. The average molecular weight is 531 g/mol. The molecule has 0 unspecified atom stereocenters. The van der Waals surface area contributed by atoms with E-state index in [1.54, 1.807) is 4.90 Å². The molecule has 9 nitrogen and oxygen atoms in total. The van der Waals surface area contributed by atoms with Crippen LogP contribution in [0.15, 0.2) is 78.0 Å². The number of aromatic nitrogens is 2. The lowest BCUT2D eigenvalue weighted by molar-refractivity contribution is -0.307. The summed E-state index contributed by atoms with van der Waals surface area (Å²) in [5.74, 6) is 1.03. The summed E-state index contributed by atoms with van der Waals surface area (Å²) in [4.78, 5) is 47.8. The first-order valence-corrected chi connectivity index (χ1v) is 13.9. The number of fused-ring (bicyclic) bond motifs is 2. The van der Waals surface area contributed by atoms with Crippen molar-refractivity contribution in [2.45, 2.75) is 40.0 Å². The summed E-state index contributed by atoms with van der Waals surface area (Å²) in [6.45, 7) is 5.46. The smallest absolute Gasteiger partial charge is 0.281 e. The fourth-order valence-corrected chi connectivity index (χ4v) is 4.99. The Bertz CT molecular complexity index is 1560. The summed E-state index contributed by atoms with van der Waals surface area (Å²) in [5.41, 5.74) is 4.12. The van der Waals surface area contributed by atoms with Gasteiger partial charge >= 0.3 is 0 Å². The number of aryl methyl sites for hydroxylation is 1. The van der Waals surface area contributed by atoms with Gasteiger partial charge in [0.05, 0.1) is 23.3 Å². The van der Waals surface area contributed by atoms with Crippen LogP contribution in [-0.4, -0.2) is 21.2 Å². The van der Waals surface area contributed by atoms with Crippen molar-refractivity contribution in [3.63, 3.8) is 0 Å². The zero-order valence-electron chi connectivity index (χ0n) is 21.1. The number of oxime groups is 1. The molecule has 0 N–H and O–H groups in total. The van der Waals surface area contributed by atoms with Crippen molar-refractivity contribution in [2.24, 2.45) is 11.1 Å². The van der Waals surface area contributed by atoms with Gasteiger partial charge < -0.3 is 23.8 Å². The van der Waals surface area contributed by atoms with Crippen LogP contribution in [0.2, 0.25) is 0 Å². The second-order valence-electron chi connectivity index (χ2n) is 9.64. The van der Waals surface area contributed by atoms with E-state index in [2.05, 4.69) is 23.6 Å². The van der Waals surface area contributed by atoms with E-state index in [1.807, 2.05) is 48.5 Å². The van der Waals surface area contributed by atoms with Crippen LogP contribution >= 0.6 is 7.60 Å². The average Bonchev–Trinajstić information content (AvgIpc) is 3.37. The molecule has 0 saturated heterocycles. The third-order valence-corrected chi connectivity index (χ3v) is 7.43. The van der Waals surface area contributed by atoms with Crippen molar-refractivity contribution in [1.29, 1.82) is 0 Å². The van der Waals surface area contributed by atoms with Crippen LogP contribution in [0.25, 0.3) is 11.0 Å². The van der Waals surface area contributed by atoms with Gasteiger partial charge in [-0.25, -0.2) is 4.98 Å². The maximum atomic E-state index is 13.5. The lowest BCUT2D eigenvalue weighted by Crippen LogP contribution is -2.31. The van der Waals surface area contributed by atoms with Gasteiger partial charge in [0.2, 0.25) is 0 Å². The highest BCUT2D eigenvalue weighted by Crippen LogP contribution is 2.31. The van der Waals surface area contributed by atoms with Crippen molar-refractivity contribution < 1.29 is 24.0 Å². The molecule has 10 heteroatoms. The molecule has 1 aliphatic heterocycles. The fourth-order valence-electron chi connectivity index (χ4n) is 4.48. The third kappa shape index (κ3) is 5.27. The van der Waals surface area contributed by atoms with Crippen LogP contribution in [0.5, 0.6) is 0 Å². The molecule has 0 fully saturated rings. The number of amides is 1. The number of carbonyl (C=O) groups is 1. The van der Waals surface area contributed by atoms with Crippen LogP contribution in [0, 0.1) is 5.92 Å². The van der Waals surface area contributed by atoms with E-state index in [1.165, 1.54) is 24.3 Å². The molecule has 3 aromatic carbocycles. The molecule has 0 spiro atoms. The molecule has 1 aromatic heterocycles. The van der Waals surface area contributed by atoms with Crippen LogP contribution in [0.3, 0.4) is 0 Å². The van der Waals surface area contributed by atoms with Gasteiger partial charge in [-0.2, -0.15) is 0 Å². The molecule has 1 amide bonds. The summed E-state index contributed by atoms with van der Waals surface area (Å²) < 4.78 is 13.3. The summed E-state index contributed by atoms with van der Waals surface area (Å²) in [5, 5.41) is 3.86. The topological polar surface area (TPSA) is 123 Å². The van der Waals surface area contributed by atoms with Crippen LogP contribution < -0.4 is 20.0 Å². The SMILES string of the molecule is CC(C)CCn1c(CN2C(=O)/C(=N/OCc3ccc(P(=O)([O-])[O-])cc3)c3ccccc32)nc2ccccc21. The molecule has 0 bridgehead atoms. The Morgan fingerprint density at radius 1 is 1.00 bits per heavy atom. The van der Waals surface area contributed by atoms with Crippen molar-refractivity contribution in [3.05, 3.63) is 89.7 Å². The largest absolute Gasteiger partial charge is 0.807 e. The second kappa shape index (κ2) is 10.5. The number of rotatable bonds is 9. The summed E-state index contributed by atoms with van der Waals surface area (Å²) in [6, 6.07) is 20.8. The van der Waals surface area contributed by atoms with Gasteiger partial charge in [-0.3, -0.25) is 9.69 Å². The van der Waals surface area contributed by atoms with E-state index in [-0.39, 0.29) is 30.1 Å². The summed E-state index contributed by atoms with van der Waals surface area (Å²) >= 11 is 0. The lowest BCUT2D eigenvalue weighted by atomic mass is 10.1. The van der Waals surface area contributed by atoms with Gasteiger partial charge in [0.25, 0.3) is 5.91 Å². The first kappa shape index (κ1) is 25.9. The summed E-state index contributed by atoms with van der Waals surface area (Å²) in [7, 11) is -4.81. The van der Waals surface area contributed by atoms with E-state index in [0.717, 1.165) is 35.5 Å². The second-order valence-corrected chi connectivity index (χ2v) is 11.1. The van der Waals surface area contributed by atoms with Gasteiger partial charge in [-0.05, 0) is 49.0 Å². The zero-order chi connectivity index (χ0) is 26.9. The van der Waals surface area contributed by atoms with E-state index < -0.39 is 7.60 Å². The maximum Gasteiger partial charge on any atom is 0.281 e. The Labute approximate surface area is 220 Å². The van der Waals surface area contributed by atoms with Crippen LogP contribution in [0.1, 0.15) is 37.2 Å². The number of benzene rings is 3. The monoisotopic (exact) mass is 530 g/mol. The molecule has 0 atom stereocenters. The van der Waals surface area contributed by atoms with Gasteiger partial charge in [0.15, 0.2) is 5.71 Å². The molecule has 38 heavy (non-hydrogen) atoms. The minimum absolute atomic E-state index is 0.00619. The Morgan fingerprint density at radius 2 is 1.71 bits per heavy atom. The normalized spacial score (nSPS) is 14.6. The Balaban J connectivity index is 1.39. The molecule has 0 radical (unpaired) electrons. The Morgan fingerprint density at radius 3 is 2.45 bits per heavy atom. The molecule has 5 rings (SSSR count). The number of hydrogen-bond donors (Lipinski definition) is 0. The highest BCUT2D eigenvalue weighted by atomic mass is 31.2. The lowest BCUT2D eigenvalue weighted by Gasteiger charge is -2.29. The van der Waals surface area contributed by atoms with Gasteiger partial charge in [0, 0.05) is 12.1 Å². The number of para-hydroxylation sites is 3.